The number of aliphatic hydroxyl groups excluding tert-OH is 3. The van der Waals surface area contributed by atoms with Crippen molar-refractivity contribution in [2.75, 3.05) is 6.61 Å². The van der Waals surface area contributed by atoms with Crippen LogP contribution in [0.3, 0.4) is 0 Å². The summed E-state index contributed by atoms with van der Waals surface area (Å²) < 4.78 is 45.3. The summed E-state index contributed by atoms with van der Waals surface area (Å²) in [5, 5.41) is 54.0. The van der Waals surface area contributed by atoms with Crippen molar-refractivity contribution in [3.8, 4) is 0 Å². The van der Waals surface area contributed by atoms with Crippen LogP contribution in [0, 0.1) is 17.8 Å². The molecule has 7 aliphatic rings. The first-order chi connectivity index (χ1) is 26.9. The first-order valence-corrected chi connectivity index (χ1v) is 21.7. The van der Waals surface area contributed by atoms with E-state index in [0.717, 1.165) is 50.7 Å². The van der Waals surface area contributed by atoms with E-state index in [-0.39, 0.29) is 36.6 Å². The standard InChI is InChI=1S/C44H68O13/c1-25-21-35(56-44(23-25)36(46)14-13-31(54-44)24-41(6,50)40(48)49)26(2)11-12-30-15-18-42(53-30)19-16-34-39(57-42)37(47)29(5)38(52-34)32(45)22-27(3)33-10-7-17-43(55-33)28(4)9-8-20-51-43/h11-12,23,26-28,30-39,45-47,50H,5,7-10,13-22,24H2,1-4,6H3,(H,48,49)/b12-11+/t26-,27+,28-,30+,31?,32+,33?,34-,35+,36-,37-,38+,39-,41-,42-,43-,44-/m1/s1. The molecular weight excluding hydrogens is 736 g/mol. The third-order valence-electron chi connectivity index (χ3n) is 14.1. The van der Waals surface area contributed by atoms with E-state index in [1.165, 1.54) is 6.92 Å². The first kappa shape index (κ1) is 43.3. The zero-order valence-corrected chi connectivity index (χ0v) is 34.6. The number of ether oxygens (including phenoxy) is 7. The van der Waals surface area contributed by atoms with Gasteiger partial charge in [-0.2, -0.15) is 0 Å². The summed E-state index contributed by atoms with van der Waals surface area (Å²) >= 11 is 0. The molecule has 7 rings (SSSR count). The summed E-state index contributed by atoms with van der Waals surface area (Å²) in [6, 6.07) is 0. The van der Waals surface area contributed by atoms with Gasteiger partial charge in [0.25, 0.3) is 0 Å². The molecule has 0 saturated carbocycles. The zero-order valence-electron chi connectivity index (χ0n) is 34.6. The van der Waals surface area contributed by atoms with Crippen molar-refractivity contribution < 1.29 is 63.5 Å². The Balaban J connectivity index is 0.916. The molecule has 7 aliphatic heterocycles. The number of hydrogen-bond donors (Lipinski definition) is 5. The highest BCUT2D eigenvalue weighted by molar-refractivity contribution is 5.76. The number of aliphatic carboxylic acids is 1. The van der Waals surface area contributed by atoms with Crippen molar-refractivity contribution in [3.63, 3.8) is 0 Å². The van der Waals surface area contributed by atoms with E-state index in [2.05, 4.69) is 26.5 Å². The number of hydrogen-bond acceptors (Lipinski definition) is 12. The maximum atomic E-state index is 11.6. The Morgan fingerprint density at radius 2 is 1.77 bits per heavy atom. The minimum atomic E-state index is -1.96. The molecule has 0 radical (unpaired) electrons. The molecule has 5 N–H and O–H groups in total. The molecule has 6 saturated heterocycles. The fourth-order valence-corrected chi connectivity index (χ4v) is 10.5. The monoisotopic (exact) mass is 804 g/mol. The lowest BCUT2D eigenvalue weighted by Crippen LogP contribution is -2.60. The summed E-state index contributed by atoms with van der Waals surface area (Å²) in [7, 11) is 0. The Bertz CT molecular complexity index is 1510. The largest absolute Gasteiger partial charge is 0.479 e. The topological polar surface area (TPSA) is 183 Å². The predicted molar refractivity (Wildman–Crippen MR) is 208 cm³/mol. The van der Waals surface area contributed by atoms with Crippen molar-refractivity contribution in [2.24, 2.45) is 17.8 Å². The van der Waals surface area contributed by atoms with Gasteiger partial charge in [0.05, 0.1) is 43.2 Å². The number of fused-ring (bicyclic) bond motifs is 1. The Morgan fingerprint density at radius 3 is 2.53 bits per heavy atom. The molecule has 0 bridgehead atoms. The number of carbonyl (C=O) groups is 1. The molecule has 7 heterocycles. The van der Waals surface area contributed by atoms with E-state index >= 15 is 0 Å². The second-order valence-corrected chi connectivity index (χ2v) is 18.8. The summed E-state index contributed by atoms with van der Waals surface area (Å²) in [5.74, 6) is -3.83. The SMILES string of the molecule is C=C1[C@@H](O)[C@@H]2O[C@]3(CC[C@H](/C=C/[C@@H](C)[C@@H]4CC(C)=C[C@@]5(OC(C[C@@](C)(O)C(=O)O)CC[C@H]5O)O4)O3)CC[C@H]2O[C@@H]1[C@@H](O)C[C@H](C)C1CCC[C@@]2(OCCC[C@H]2C)O1. The number of rotatable bonds is 10. The van der Waals surface area contributed by atoms with Gasteiger partial charge in [0, 0.05) is 37.5 Å². The Hall–Kier alpha value is -1.75. The Kier molecular flexibility index (Phi) is 12.9. The molecule has 6 fully saturated rings. The molecule has 57 heavy (non-hydrogen) atoms. The molecule has 0 aliphatic carbocycles. The highest BCUT2D eigenvalue weighted by Gasteiger charge is 2.55. The zero-order chi connectivity index (χ0) is 40.9. The van der Waals surface area contributed by atoms with Gasteiger partial charge in [-0.15, -0.1) is 0 Å². The highest BCUT2D eigenvalue weighted by Crippen LogP contribution is 2.47. The minimum Gasteiger partial charge on any atom is -0.479 e. The summed E-state index contributed by atoms with van der Waals surface area (Å²) in [4.78, 5) is 11.6. The van der Waals surface area contributed by atoms with Gasteiger partial charge in [-0.25, -0.2) is 4.79 Å². The van der Waals surface area contributed by atoms with Crippen molar-refractivity contribution >= 4 is 5.97 Å². The third kappa shape index (κ3) is 9.00. The van der Waals surface area contributed by atoms with Crippen molar-refractivity contribution in [1.29, 1.82) is 0 Å². The second-order valence-electron chi connectivity index (χ2n) is 18.8. The Labute approximate surface area is 337 Å². The maximum absolute atomic E-state index is 11.6. The minimum absolute atomic E-state index is 0.0262. The van der Waals surface area contributed by atoms with Crippen LogP contribution >= 0.6 is 0 Å². The normalized spacial score (nSPS) is 45.4. The van der Waals surface area contributed by atoms with Gasteiger partial charge in [0.15, 0.2) is 17.2 Å². The van der Waals surface area contributed by atoms with Crippen LogP contribution < -0.4 is 0 Å². The summed E-state index contributed by atoms with van der Waals surface area (Å²) in [6.07, 6.45) is 9.41. The fourth-order valence-electron chi connectivity index (χ4n) is 10.5. The third-order valence-corrected chi connectivity index (χ3v) is 14.1. The quantitative estimate of drug-likeness (QED) is 0.182. The first-order valence-electron chi connectivity index (χ1n) is 21.7. The summed E-state index contributed by atoms with van der Waals surface area (Å²) in [6.45, 7) is 14.5. The second kappa shape index (κ2) is 17.0. The number of carboxylic acids is 1. The van der Waals surface area contributed by atoms with Crippen LogP contribution in [0.1, 0.15) is 125 Å². The van der Waals surface area contributed by atoms with E-state index in [1.54, 1.807) is 6.08 Å². The smallest absolute Gasteiger partial charge is 0.335 e. The lowest BCUT2D eigenvalue weighted by molar-refractivity contribution is -0.326. The van der Waals surface area contributed by atoms with Crippen LogP contribution in [0.4, 0.5) is 0 Å². The highest BCUT2D eigenvalue weighted by atomic mass is 16.7. The molecule has 3 spiro atoms. The van der Waals surface area contributed by atoms with Gasteiger partial charge in [-0.1, -0.05) is 45.1 Å². The van der Waals surface area contributed by atoms with Crippen LogP contribution in [-0.2, 0) is 38.0 Å². The lowest BCUT2D eigenvalue weighted by atomic mass is 9.81. The molecular formula is C44H68O13. The molecule has 2 unspecified atom stereocenters. The molecule has 0 aromatic heterocycles. The molecule has 0 aromatic carbocycles. The molecule has 13 nitrogen and oxygen atoms in total. The molecule has 0 amide bonds. The molecule has 322 valence electrons. The Morgan fingerprint density at radius 1 is 1.00 bits per heavy atom. The van der Waals surface area contributed by atoms with E-state index in [9.17, 15) is 30.3 Å². The number of aliphatic hydroxyl groups is 4. The lowest BCUT2D eigenvalue weighted by Gasteiger charge is -2.50. The predicted octanol–water partition coefficient (Wildman–Crippen LogP) is 5.21. The van der Waals surface area contributed by atoms with Crippen LogP contribution in [0.2, 0.25) is 0 Å². The van der Waals surface area contributed by atoms with Gasteiger partial charge in [0.2, 0.25) is 5.79 Å². The molecule has 17 atom stereocenters. The van der Waals surface area contributed by atoms with Crippen molar-refractivity contribution in [1.82, 2.24) is 0 Å². The average molecular weight is 805 g/mol. The van der Waals surface area contributed by atoms with Gasteiger partial charge in [-0.3, -0.25) is 0 Å². The van der Waals surface area contributed by atoms with Crippen molar-refractivity contribution in [2.45, 2.75) is 209 Å². The van der Waals surface area contributed by atoms with E-state index in [1.807, 2.05) is 19.9 Å². The van der Waals surface area contributed by atoms with Gasteiger partial charge < -0.3 is 58.7 Å². The van der Waals surface area contributed by atoms with Crippen LogP contribution in [0.5, 0.6) is 0 Å². The van der Waals surface area contributed by atoms with Gasteiger partial charge in [-0.05, 0) is 95.6 Å². The summed E-state index contributed by atoms with van der Waals surface area (Å²) in [5.41, 5.74) is -0.550. The van der Waals surface area contributed by atoms with Crippen molar-refractivity contribution in [3.05, 3.63) is 36.0 Å². The van der Waals surface area contributed by atoms with E-state index < -0.39 is 71.7 Å². The van der Waals surface area contributed by atoms with Crippen LogP contribution in [0.25, 0.3) is 0 Å². The van der Waals surface area contributed by atoms with Gasteiger partial charge >= 0.3 is 5.97 Å². The molecule has 0 aromatic rings. The average Bonchev–Trinajstić information content (AvgIpc) is 3.56. The fraction of sp³-hybridized carbons (Fsp3) is 0.841. The van der Waals surface area contributed by atoms with E-state index in [4.69, 9.17) is 33.2 Å². The molecule has 13 heteroatoms. The van der Waals surface area contributed by atoms with Crippen LogP contribution in [0.15, 0.2) is 36.0 Å². The number of carboxylic acid groups (broad SMARTS) is 1. The van der Waals surface area contributed by atoms with E-state index in [0.29, 0.717) is 56.4 Å². The maximum Gasteiger partial charge on any atom is 0.335 e. The van der Waals surface area contributed by atoms with Gasteiger partial charge in [0.1, 0.15) is 24.4 Å². The van der Waals surface area contributed by atoms with Crippen LogP contribution in [-0.4, -0.2) is 122 Å².